The molecule has 0 saturated heterocycles. The Bertz CT molecular complexity index is 746. The Balaban J connectivity index is 0. The van der Waals surface area contributed by atoms with E-state index >= 15 is 0 Å². The van der Waals surface area contributed by atoms with Gasteiger partial charge in [0, 0.05) is 65.3 Å². The van der Waals surface area contributed by atoms with Crippen molar-refractivity contribution in [1.82, 2.24) is 25.8 Å². The third-order valence-electron chi connectivity index (χ3n) is 5.88. The fraction of sp³-hybridized carbons (Fsp3) is 0.800. The van der Waals surface area contributed by atoms with E-state index in [1.54, 1.807) is 0 Å². The smallest absolute Gasteiger partial charge is 0.356 e. The molecular formula is C25H48FeN6O8+3. The van der Waals surface area contributed by atoms with Crippen molar-refractivity contribution in [3.8, 4) is 0 Å². The van der Waals surface area contributed by atoms with Crippen molar-refractivity contribution in [1.29, 1.82) is 0 Å². The van der Waals surface area contributed by atoms with Crippen molar-refractivity contribution in [3.63, 3.8) is 0 Å². The van der Waals surface area contributed by atoms with Crippen LogP contribution in [0.2, 0.25) is 0 Å². The maximum absolute atomic E-state index is 12.0. The number of amides is 5. The minimum Gasteiger partial charge on any atom is -0.356 e. The molecule has 0 heterocycles. The molecule has 15 heteroatoms. The van der Waals surface area contributed by atoms with Gasteiger partial charge in [-0.25, -0.2) is 15.2 Å². The molecule has 0 aliphatic rings. The van der Waals surface area contributed by atoms with Crippen LogP contribution in [-0.4, -0.2) is 99.6 Å². The molecule has 1 radical (unpaired) electrons. The molecule has 7 N–H and O–H groups in total. The molecule has 0 aromatic carbocycles. The van der Waals surface area contributed by atoms with Crippen LogP contribution in [0.3, 0.4) is 0 Å². The summed E-state index contributed by atoms with van der Waals surface area (Å²) in [5.74, 6) is -2.05. The molecule has 231 valence electrons. The van der Waals surface area contributed by atoms with E-state index in [9.17, 15) is 39.6 Å². The molecule has 40 heavy (non-hydrogen) atoms. The summed E-state index contributed by atoms with van der Waals surface area (Å²) < 4.78 is 0. The molecule has 5 amide bonds. The van der Waals surface area contributed by atoms with Crippen LogP contribution in [0.4, 0.5) is 0 Å². The molecule has 0 bridgehead atoms. The molecule has 0 saturated carbocycles. The van der Waals surface area contributed by atoms with Crippen molar-refractivity contribution in [2.75, 3.05) is 39.3 Å². The van der Waals surface area contributed by atoms with Crippen LogP contribution in [0.5, 0.6) is 0 Å². The fourth-order valence-corrected chi connectivity index (χ4v) is 3.45. The Hall–Kier alpha value is -2.29. The van der Waals surface area contributed by atoms with Crippen molar-refractivity contribution in [3.05, 3.63) is 0 Å². The number of nitrogens with one attached hydrogen (secondary N) is 2. The van der Waals surface area contributed by atoms with Gasteiger partial charge >= 0.3 is 17.1 Å². The molecule has 0 spiro atoms. The van der Waals surface area contributed by atoms with E-state index < -0.39 is 17.7 Å². The van der Waals surface area contributed by atoms with E-state index in [1.807, 2.05) is 0 Å². The third kappa shape index (κ3) is 22.5. The molecular weight excluding hydrogens is 568 g/mol. The maximum atomic E-state index is 12.0. The number of carbonyl (C=O) groups is 5. The SMILES string of the molecule is CC(=O)N(O)CCCCCNC(=O)CCC(=O)N(O)CCCCCNC(=O)CCC(=O)N(O)CCCCCN.[Fe+3]. The topological polar surface area (TPSA) is 206 Å². The van der Waals surface area contributed by atoms with E-state index in [1.165, 1.54) is 6.92 Å². The number of rotatable bonds is 23. The van der Waals surface area contributed by atoms with Gasteiger partial charge in [-0.1, -0.05) is 6.42 Å². The molecule has 0 aromatic heterocycles. The van der Waals surface area contributed by atoms with Crippen LogP contribution in [0.25, 0.3) is 0 Å². The van der Waals surface area contributed by atoms with Gasteiger partial charge < -0.3 is 16.4 Å². The van der Waals surface area contributed by atoms with Crippen LogP contribution < -0.4 is 16.4 Å². The third-order valence-corrected chi connectivity index (χ3v) is 5.88. The number of carbonyl (C=O) groups excluding carboxylic acids is 5. The molecule has 0 fully saturated rings. The molecule has 14 nitrogen and oxygen atoms in total. The van der Waals surface area contributed by atoms with Gasteiger partial charge in [0.15, 0.2) is 0 Å². The summed E-state index contributed by atoms with van der Waals surface area (Å²) in [7, 11) is 0. The first-order valence-corrected chi connectivity index (χ1v) is 13.8. The second-order valence-corrected chi connectivity index (χ2v) is 9.35. The number of nitrogens with zero attached hydrogens (tertiary/aromatic N) is 3. The summed E-state index contributed by atoms with van der Waals surface area (Å²) in [6, 6.07) is 0. The van der Waals surface area contributed by atoms with Gasteiger partial charge in [-0.05, 0) is 57.9 Å². The van der Waals surface area contributed by atoms with Gasteiger partial charge in [-0.15, -0.1) is 0 Å². The summed E-state index contributed by atoms with van der Waals surface area (Å²) in [6.45, 7) is 3.22. The van der Waals surface area contributed by atoms with Crippen molar-refractivity contribution in [2.24, 2.45) is 5.73 Å². The predicted molar refractivity (Wildman–Crippen MR) is 141 cm³/mol. The van der Waals surface area contributed by atoms with E-state index in [0.717, 1.165) is 19.3 Å². The Morgan fingerprint density at radius 1 is 0.575 bits per heavy atom. The van der Waals surface area contributed by atoms with Gasteiger partial charge in [0.1, 0.15) is 0 Å². The number of hydroxylamine groups is 6. The van der Waals surface area contributed by atoms with Gasteiger partial charge in [-0.2, -0.15) is 0 Å². The zero-order chi connectivity index (χ0) is 29.5. The number of unbranched alkanes of at least 4 members (excludes halogenated alkanes) is 6. The number of hydrogen-bond donors (Lipinski definition) is 6. The summed E-state index contributed by atoms with van der Waals surface area (Å²) in [6.07, 6.45) is 5.84. The fourth-order valence-electron chi connectivity index (χ4n) is 3.45. The van der Waals surface area contributed by atoms with Crippen LogP contribution in [0.1, 0.15) is 90.4 Å². The molecule has 0 aliphatic carbocycles. The van der Waals surface area contributed by atoms with Crippen LogP contribution >= 0.6 is 0 Å². The zero-order valence-corrected chi connectivity index (χ0v) is 24.7. The Kier molecular flexibility index (Phi) is 25.6. The maximum Gasteiger partial charge on any atom is 3.00 e. The molecule has 0 aromatic rings. The quantitative estimate of drug-likeness (QED) is 0.0417. The van der Waals surface area contributed by atoms with Crippen LogP contribution in [0, 0.1) is 0 Å². The summed E-state index contributed by atoms with van der Waals surface area (Å²) in [5, 5.41) is 36.1. The van der Waals surface area contributed by atoms with E-state index in [4.69, 9.17) is 5.73 Å². The first-order valence-electron chi connectivity index (χ1n) is 13.8. The Labute approximate surface area is 247 Å². The molecule has 0 rings (SSSR count). The second kappa shape index (κ2) is 25.7. The summed E-state index contributed by atoms with van der Waals surface area (Å²) in [4.78, 5) is 58.4. The van der Waals surface area contributed by atoms with E-state index in [-0.39, 0.29) is 74.2 Å². The van der Waals surface area contributed by atoms with Gasteiger partial charge in [0.25, 0.3) is 0 Å². The summed E-state index contributed by atoms with van der Waals surface area (Å²) >= 11 is 0. The number of hydrogen-bond acceptors (Lipinski definition) is 9. The second-order valence-electron chi connectivity index (χ2n) is 9.35. The normalized spacial score (nSPS) is 10.3. The first-order chi connectivity index (χ1) is 18.6. The summed E-state index contributed by atoms with van der Waals surface area (Å²) in [5.41, 5.74) is 5.39. The van der Waals surface area contributed by atoms with Crippen molar-refractivity contribution >= 4 is 29.5 Å². The predicted octanol–water partition coefficient (Wildman–Crippen LogP) is 0.920. The van der Waals surface area contributed by atoms with Gasteiger partial charge in [-0.3, -0.25) is 39.6 Å². The Morgan fingerprint density at radius 2 is 0.950 bits per heavy atom. The van der Waals surface area contributed by atoms with Gasteiger partial charge in [0.05, 0.1) is 0 Å². The first kappa shape index (κ1) is 39.9. The van der Waals surface area contributed by atoms with Crippen molar-refractivity contribution < 1.29 is 56.7 Å². The van der Waals surface area contributed by atoms with E-state index in [0.29, 0.717) is 73.3 Å². The van der Waals surface area contributed by atoms with Gasteiger partial charge in [0.2, 0.25) is 29.5 Å². The van der Waals surface area contributed by atoms with Crippen LogP contribution in [0.15, 0.2) is 0 Å². The molecule has 0 unspecified atom stereocenters. The monoisotopic (exact) mass is 616 g/mol. The Morgan fingerprint density at radius 3 is 1.32 bits per heavy atom. The average molecular weight is 617 g/mol. The van der Waals surface area contributed by atoms with Crippen molar-refractivity contribution in [2.45, 2.75) is 90.4 Å². The molecule has 0 atom stereocenters. The average Bonchev–Trinajstić information content (AvgIpc) is 2.91. The molecule has 0 aliphatic heterocycles. The minimum absolute atomic E-state index is 0. The van der Waals surface area contributed by atoms with Crippen LogP contribution in [-0.2, 0) is 41.0 Å². The largest absolute Gasteiger partial charge is 3.00 e. The number of nitrogens with two attached hydrogens (primary N) is 1. The van der Waals surface area contributed by atoms with E-state index in [2.05, 4.69) is 10.6 Å². The standard InChI is InChI=1S/C25H48N6O8.Fe/c1-21(32)29(37)18-9-3-6-16-27-22(33)12-14-25(36)31(39)20-10-4-7-17-28-23(34)11-13-24(35)30(38)19-8-2-5-15-26;/h37-39H,2-20,26H2,1H3,(H,27,33)(H,28,34);/q;+3. The zero-order valence-electron chi connectivity index (χ0n) is 23.6. The minimum atomic E-state index is -0.548.